The first-order valence-corrected chi connectivity index (χ1v) is 10.7. The van der Waals surface area contributed by atoms with E-state index in [1.807, 2.05) is 61.0 Å². The van der Waals surface area contributed by atoms with Gasteiger partial charge in [0.15, 0.2) is 5.16 Å². The normalized spacial score (nSPS) is 12.2. The van der Waals surface area contributed by atoms with E-state index >= 15 is 0 Å². The molecule has 0 unspecified atom stereocenters. The second-order valence-electron chi connectivity index (χ2n) is 6.53. The maximum Gasteiger partial charge on any atom is 0.237 e. The highest BCUT2D eigenvalue weighted by molar-refractivity contribution is 8.00. The largest absolute Gasteiger partial charge is 0.325 e. The topological polar surface area (TPSA) is 59.8 Å². The van der Waals surface area contributed by atoms with E-state index in [-0.39, 0.29) is 11.2 Å². The molecule has 1 N–H and O–H groups in total. The molecule has 0 aliphatic rings. The van der Waals surface area contributed by atoms with E-state index in [1.54, 1.807) is 11.3 Å². The Bertz CT molecular complexity index is 1100. The van der Waals surface area contributed by atoms with Crippen LogP contribution in [0.3, 0.4) is 0 Å². The number of rotatable bonds is 6. The highest BCUT2D eigenvalue weighted by atomic mass is 32.2. The van der Waals surface area contributed by atoms with Crippen molar-refractivity contribution in [1.29, 1.82) is 0 Å². The third kappa shape index (κ3) is 4.10. The van der Waals surface area contributed by atoms with Gasteiger partial charge in [0, 0.05) is 24.0 Å². The number of thiophene rings is 1. The van der Waals surface area contributed by atoms with Crippen LogP contribution in [-0.2, 0) is 18.3 Å². The van der Waals surface area contributed by atoms with Gasteiger partial charge in [-0.1, -0.05) is 48.2 Å². The summed E-state index contributed by atoms with van der Waals surface area (Å²) in [6.07, 6.45) is 0.749. The number of benzene rings is 2. The number of carbonyl (C=O) groups excluding carboxylic acids is 1. The highest BCUT2D eigenvalue weighted by Crippen LogP contribution is 2.25. The molecular weight excluding hydrogens is 388 g/mol. The van der Waals surface area contributed by atoms with Crippen molar-refractivity contribution >= 4 is 45.5 Å². The SMILES string of the molecule is C[C@@H](Sc1nnc(Cc2cccs2)n1C)C(=O)Nc1ccc2ccccc2c1. The van der Waals surface area contributed by atoms with Gasteiger partial charge < -0.3 is 9.88 Å². The summed E-state index contributed by atoms with van der Waals surface area (Å²) >= 11 is 3.12. The first-order valence-electron chi connectivity index (χ1n) is 8.97. The lowest BCUT2D eigenvalue weighted by molar-refractivity contribution is -0.115. The number of hydrogen-bond acceptors (Lipinski definition) is 5. The van der Waals surface area contributed by atoms with Crippen molar-refractivity contribution in [3.8, 4) is 0 Å². The van der Waals surface area contributed by atoms with E-state index in [4.69, 9.17) is 0 Å². The fourth-order valence-electron chi connectivity index (χ4n) is 2.89. The summed E-state index contributed by atoms with van der Waals surface area (Å²) in [5.41, 5.74) is 0.799. The van der Waals surface area contributed by atoms with Crippen molar-refractivity contribution in [3.63, 3.8) is 0 Å². The number of fused-ring (bicyclic) bond motifs is 1. The Kier molecular flexibility index (Phi) is 5.45. The maximum atomic E-state index is 12.6. The van der Waals surface area contributed by atoms with E-state index in [1.165, 1.54) is 16.6 Å². The summed E-state index contributed by atoms with van der Waals surface area (Å²) in [6.45, 7) is 1.88. The molecule has 0 spiro atoms. The maximum absolute atomic E-state index is 12.6. The Balaban J connectivity index is 1.42. The molecule has 2 aromatic heterocycles. The first-order chi connectivity index (χ1) is 13.6. The molecule has 0 aliphatic carbocycles. The zero-order valence-electron chi connectivity index (χ0n) is 15.6. The van der Waals surface area contributed by atoms with Crippen molar-refractivity contribution in [3.05, 3.63) is 70.7 Å². The second kappa shape index (κ2) is 8.16. The number of carbonyl (C=O) groups is 1. The molecule has 2 aromatic carbocycles. The Morgan fingerprint density at radius 1 is 1.14 bits per heavy atom. The van der Waals surface area contributed by atoms with Gasteiger partial charge >= 0.3 is 0 Å². The molecule has 1 amide bonds. The highest BCUT2D eigenvalue weighted by Gasteiger charge is 2.19. The van der Waals surface area contributed by atoms with Gasteiger partial charge in [0.1, 0.15) is 5.82 Å². The van der Waals surface area contributed by atoms with Crippen LogP contribution >= 0.6 is 23.1 Å². The molecule has 0 radical (unpaired) electrons. The van der Waals surface area contributed by atoms with Crippen LogP contribution in [0.15, 0.2) is 65.1 Å². The van der Waals surface area contributed by atoms with E-state index < -0.39 is 0 Å². The van der Waals surface area contributed by atoms with E-state index in [9.17, 15) is 4.79 Å². The van der Waals surface area contributed by atoms with Crippen molar-refractivity contribution in [2.45, 2.75) is 23.8 Å². The summed E-state index contributed by atoms with van der Waals surface area (Å²) in [4.78, 5) is 13.9. The zero-order valence-corrected chi connectivity index (χ0v) is 17.3. The molecule has 4 aromatic rings. The lowest BCUT2D eigenvalue weighted by Gasteiger charge is -2.12. The smallest absolute Gasteiger partial charge is 0.237 e. The molecule has 28 heavy (non-hydrogen) atoms. The van der Waals surface area contributed by atoms with Gasteiger partial charge in [0.25, 0.3) is 0 Å². The van der Waals surface area contributed by atoms with Crippen LogP contribution in [0.1, 0.15) is 17.6 Å². The number of nitrogens with one attached hydrogen (secondary N) is 1. The Labute approximate surface area is 171 Å². The fourth-order valence-corrected chi connectivity index (χ4v) is 4.43. The molecule has 7 heteroatoms. The average Bonchev–Trinajstić information content (AvgIpc) is 3.33. The van der Waals surface area contributed by atoms with Gasteiger partial charge in [-0.2, -0.15) is 0 Å². The number of thioether (sulfide) groups is 1. The molecule has 0 saturated carbocycles. The van der Waals surface area contributed by atoms with Crippen molar-refractivity contribution < 1.29 is 4.79 Å². The molecule has 5 nitrogen and oxygen atoms in total. The molecule has 1 atom stereocenters. The molecule has 0 fully saturated rings. The van der Waals surface area contributed by atoms with Gasteiger partial charge in [0.05, 0.1) is 5.25 Å². The van der Waals surface area contributed by atoms with Gasteiger partial charge in [-0.05, 0) is 41.3 Å². The first kappa shape index (κ1) is 18.7. The Morgan fingerprint density at radius 2 is 1.96 bits per heavy atom. The lowest BCUT2D eigenvalue weighted by atomic mass is 10.1. The van der Waals surface area contributed by atoms with Crippen LogP contribution in [0.4, 0.5) is 5.69 Å². The van der Waals surface area contributed by atoms with Crippen molar-refractivity contribution in [1.82, 2.24) is 14.8 Å². The van der Waals surface area contributed by atoms with E-state index in [2.05, 4.69) is 33.0 Å². The van der Waals surface area contributed by atoms with Gasteiger partial charge in [-0.3, -0.25) is 4.79 Å². The number of aromatic nitrogens is 3. The number of anilines is 1. The summed E-state index contributed by atoms with van der Waals surface area (Å²) in [6, 6.07) is 18.2. The predicted molar refractivity (Wildman–Crippen MR) is 116 cm³/mol. The van der Waals surface area contributed by atoms with E-state index in [0.29, 0.717) is 0 Å². The Hall–Kier alpha value is -2.64. The quantitative estimate of drug-likeness (QED) is 0.468. The summed E-state index contributed by atoms with van der Waals surface area (Å²) in [7, 11) is 1.94. The minimum atomic E-state index is -0.288. The van der Waals surface area contributed by atoms with Crippen LogP contribution in [-0.4, -0.2) is 25.9 Å². The number of nitrogens with zero attached hydrogens (tertiary/aromatic N) is 3. The van der Waals surface area contributed by atoms with E-state index in [0.717, 1.165) is 33.9 Å². The van der Waals surface area contributed by atoms with Gasteiger partial charge in [0.2, 0.25) is 5.91 Å². The van der Waals surface area contributed by atoms with Crippen molar-refractivity contribution in [2.75, 3.05) is 5.32 Å². The third-order valence-electron chi connectivity index (χ3n) is 4.51. The fraction of sp³-hybridized carbons (Fsp3) is 0.190. The molecule has 0 aliphatic heterocycles. The average molecular weight is 409 g/mol. The van der Waals surface area contributed by atoms with Crippen LogP contribution in [0, 0.1) is 0 Å². The minimum absolute atomic E-state index is 0.0527. The molecule has 0 saturated heterocycles. The van der Waals surface area contributed by atoms with Crippen molar-refractivity contribution in [2.24, 2.45) is 7.05 Å². The molecular formula is C21H20N4OS2. The third-order valence-corrected chi connectivity index (χ3v) is 6.52. The minimum Gasteiger partial charge on any atom is -0.325 e. The standard InChI is InChI=1S/C21H20N4OS2/c1-14(20(26)22-17-10-9-15-6-3-4-7-16(15)12-17)28-21-24-23-19(25(21)2)13-18-8-5-11-27-18/h3-12,14H,13H2,1-2H3,(H,22,26)/t14-/m1/s1. The monoisotopic (exact) mass is 408 g/mol. The zero-order chi connectivity index (χ0) is 19.5. The second-order valence-corrected chi connectivity index (χ2v) is 8.87. The number of amides is 1. The predicted octanol–water partition coefficient (Wildman–Crippen LogP) is 4.74. The number of hydrogen-bond donors (Lipinski definition) is 1. The summed E-state index contributed by atoms with van der Waals surface area (Å²) in [5.74, 6) is 0.843. The Morgan fingerprint density at radius 3 is 2.75 bits per heavy atom. The summed E-state index contributed by atoms with van der Waals surface area (Å²) < 4.78 is 1.96. The lowest BCUT2D eigenvalue weighted by Crippen LogP contribution is -2.22. The van der Waals surface area contributed by atoms with Gasteiger partial charge in [-0.25, -0.2) is 0 Å². The van der Waals surface area contributed by atoms with Gasteiger partial charge in [-0.15, -0.1) is 21.5 Å². The van der Waals surface area contributed by atoms with Crippen LogP contribution < -0.4 is 5.32 Å². The van der Waals surface area contributed by atoms with Crippen LogP contribution in [0.5, 0.6) is 0 Å². The molecule has 0 bridgehead atoms. The molecule has 142 valence electrons. The van der Waals surface area contributed by atoms with Crippen LogP contribution in [0.25, 0.3) is 10.8 Å². The van der Waals surface area contributed by atoms with Crippen LogP contribution in [0.2, 0.25) is 0 Å². The molecule has 2 heterocycles. The molecule has 4 rings (SSSR count). The summed E-state index contributed by atoms with van der Waals surface area (Å²) in [5, 5.41) is 16.3.